The van der Waals surface area contributed by atoms with Gasteiger partial charge in [-0.3, -0.25) is 9.59 Å². The topological polar surface area (TPSA) is 88.0 Å². The molecule has 6 nitrogen and oxygen atoms in total. The van der Waals surface area contributed by atoms with Crippen LogP contribution in [0.1, 0.15) is 29.6 Å². The largest absolute Gasteiger partial charge is 0.469 e. The number of hydrogen-bond acceptors (Lipinski definition) is 4. The van der Waals surface area contributed by atoms with E-state index in [1.807, 2.05) is 19.1 Å². The number of H-pyrrole nitrogens is 1. The number of hydrogen-bond donors (Lipinski definition) is 2. The number of rotatable bonds is 5. The molecule has 3 aromatic rings. The van der Waals surface area contributed by atoms with Gasteiger partial charge in [0.05, 0.1) is 11.6 Å². The summed E-state index contributed by atoms with van der Waals surface area (Å²) in [6.45, 7) is 1.93. The molecular weight excluding hydrogens is 294 g/mol. The first-order valence-corrected chi connectivity index (χ1v) is 7.46. The summed E-state index contributed by atoms with van der Waals surface area (Å²) in [5, 5.41) is 10.2. The lowest BCUT2D eigenvalue weighted by Gasteiger charge is -2.13. The number of aromatic nitrogens is 2. The molecule has 3 rings (SSSR count). The van der Waals surface area contributed by atoms with Crippen molar-refractivity contribution in [2.45, 2.75) is 25.8 Å². The molecule has 23 heavy (non-hydrogen) atoms. The zero-order valence-electron chi connectivity index (χ0n) is 12.7. The Morgan fingerprint density at radius 2 is 2.04 bits per heavy atom. The van der Waals surface area contributed by atoms with Crippen molar-refractivity contribution in [1.29, 1.82) is 0 Å². The van der Waals surface area contributed by atoms with E-state index in [0.29, 0.717) is 10.8 Å². The third-order valence-corrected chi connectivity index (χ3v) is 3.69. The number of benzene rings is 1. The molecule has 2 N–H and O–H groups in total. The van der Waals surface area contributed by atoms with Crippen molar-refractivity contribution < 1.29 is 9.21 Å². The highest BCUT2D eigenvalue weighted by Gasteiger charge is 2.16. The summed E-state index contributed by atoms with van der Waals surface area (Å²) in [6.07, 6.45) is 3.13. The number of carbonyl (C=O) groups excluding carboxylic acids is 1. The first kappa shape index (κ1) is 15.0. The van der Waals surface area contributed by atoms with Crippen molar-refractivity contribution in [3.05, 3.63) is 64.5 Å². The van der Waals surface area contributed by atoms with Gasteiger partial charge in [0.25, 0.3) is 11.5 Å². The van der Waals surface area contributed by atoms with E-state index in [1.165, 1.54) is 0 Å². The minimum absolute atomic E-state index is 0.0416. The molecule has 0 unspecified atom stereocenters. The molecule has 0 aliphatic carbocycles. The fraction of sp³-hybridized carbons (Fsp3) is 0.235. The SMILES string of the molecule is C[C@H](CCc1ccco1)NC(=O)c1n[nH]c(=O)c2ccccc12. The zero-order chi connectivity index (χ0) is 16.2. The summed E-state index contributed by atoms with van der Waals surface area (Å²) in [5.74, 6) is 0.586. The van der Waals surface area contributed by atoms with Crippen molar-refractivity contribution in [3.8, 4) is 0 Å². The first-order chi connectivity index (χ1) is 11.1. The number of aromatic amines is 1. The summed E-state index contributed by atoms with van der Waals surface area (Å²) in [4.78, 5) is 24.2. The highest BCUT2D eigenvalue weighted by atomic mass is 16.3. The number of nitrogens with one attached hydrogen (secondary N) is 2. The smallest absolute Gasteiger partial charge is 0.272 e. The Kier molecular flexibility index (Phi) is 4.23. The quantitative estimate of drug-likeness (QED) is 0.756. The van der Waals surface area contributed by atoms with Gasteiger partial charge in [-0.2, -0.15) is 5.10 Å². The predicted molar refractivity (Wildman–Crippen MR) is 86.3 cm³/mol. The monoisotopic (exact) mass is 311 g/mol. The van der Waals surface area contributed by atoms with Gasteiger partial charge in [0, 0.05) is 17.8 Å². The van der Waals surface area contributed by atoms with Crippen molar-refractivity contribution in [2.24, 2.45) is 0 Å². The van der Waals surface area contributed by atoms with Crippen LogP contribution in [-0.4, -0.2) is 22.1 Å². The van der Waals surface area contributed by atoms with Crippen LogP contribution in [-0.2, 0) is 6.42 Å². The number of amides is 1. The normalized spacial score (nSPS) is 12.2. The van der Waals surface area contributed by atoms with Crippen LogP contribution in [0.5, 0.6) is 0 Å². The molecule has 1 aromatic carbocycles. The second kappa shape index (κ2) is 6.48. The second-order valence-corrected chi connectivity index (χ2v) is 5.44. The van der Waals surface area contributed by atoms with E-state index in [2.05, 4.69) is 15.5 Å². The standard InChI is InChI=1S/C17H17N3O3/c1-11(8-9-12-5-4-10-23-12)18-17(22)15-13-6-2-3-7-14(13)16(21)20-19-15/h2-7,10-11H,8-9H2,1H3,(H,18,22)(H,20,21)/t11-/m1/s1. The van der Waals surface area contributed by atoms with Gasteiger partial charge >= 0.3 is 0 Å². The molecule has 0 aliphatic rings. The summed E-state index contributed by atoms with van der Waals surface area (Å²) in [6, 6.07) is 10.6. The maximum Gasteiger partial charge on any atom is 0.272 e. The lowest BCUT2D eigenvalue weighted by atomic mass is 10.1. The van der Waals surface area contributed by atoms with Crippen LogP contribution in [0, 0.1) is 0 Å². The van der Waals surface area contributed by atoms with E-state index in [0.717, 1.165) is 18.6 Å². The third kappa shape index (κ3) is 3.31. The molecule has 0 fully saturated rings. The highest BCUT2D eigenvalue weighted by Crippen LogP contribution is 2.13. The van der Waals surface area contributed by atoms with Gasteiger partial charge in [-0.15, -0.1) is 0 Å². The Morgan fingerprint density at radius 1 is 1.26 bits per heavy atom. The number of furan rings is 1. The average Bonchev–Trinajstić information content (AvgIpc) is 3.07. The lowest BCUT2D eigenvalue weighted by molar-refractivity contribution is 0.0934. The van der Waals surface area contributed by atoms with E-state index in [9.17, 15) is 9.59 Å². The summed E-state index contributed by atoms with van der Waals surface area (Å²) >= 11 is 0. The minimum atomic E-state index is -0.303. The van der Waals surface area contributed by atoms with Gasteiger partial charge < -0.3 is 9.73 Å². The second-order valence-electron chi connectivity index (χ2n) is 5.44. The summed E-state index contributed by atoms with van der Waals surface area (Å²) in [5.41, 5.74) is -0.0759. The van der Waals surface area contributed by atoms with E-state index >= 15 is 0 Å². The van der Waals surface area contributed by atoms with E-state index in [4.69, 9.17) is 4.42 Å². The molecule has 6 heteroatoms. The van der Waals surface area contributed by atoms with Crippen LogP contribution in [0.2, 0.25) is 0 Å². The van der Waals surface area contributed by atoms with Gasteiger partial charge in [-0.25, -0.2) is 5.10 Å². The third-order valence-electron chi connectivity index (χ3n) is 3.69. The highest BCUT2D eigenvalue weighted by molar-refractivity contribution is 6.04. The summed E-state index contributed by atoms with van der Waals surface area (Å²) in [7, 11) is 0. The summed E-state index contributed by atoms with van der Waals surface area (Å²) < 4.78 is 5.28. The molecule has 2 heterocycles. The Hall–Kier alpha value is -2.89. The van der Waals surface area contributed by atoms with Crippen LogP contribution in [0.4, 0.5) is 0 Å². The van der Waals surface area contributed by atoms with Crippen molar-refractivity contribution in [3.63, 3.8) is 0 Å². The Bertz CT molecular complexity index is 868. The Morgan fingerprint density at radius 3 is 2.78 bits per heavy atom. The van der Waals surface area contributed by atoms with Crippen molar-refractivity contribution in [1.82, 2.24) is 15.5 Å². The molecule has 0 bridgehead atoms. The number of nitrogens with zero attached hydrogens (tertiary/aromatic N) is 1. The number of fused-ring (bicyclic) bond motifs is 1. The number of carbonyl (C=O) groups is 1. The molecule has 0 saturated heterocycles. The maximum atomic E-state index is 12.4. The van der Waals surface area contributed by atoms with Gasteiger partial charge in [-0.1, -0.05) is 18.2 Å². The van der Waals surface area contributed by atoms with E-state index in [-0.39, 0.29) is 23.2 Å². The van der Waals surface area contributed by atoms with Crippen LogP contribution in [0.25, 0.3) is 10.8 Å². The molecule has 1 atom stereocenters. The Labute approximate surface area is 132 Å². The van der Waals surface area contributed by atoms with Crippen LogP contribution >= 0.6 is 0 Å². The van der Waals surface area contributed by atoms with Crippen LogP contribution in [0.3, 0.4) is 0 Å². The zero-order valence-corrected chi connectivity index (χ0v) is 12.7. The molecule has 0 spiro atoms. The van der Waals surface area contributed by atoms with E-state index in [1.54, 1.807) is 30.5 Å². The van der Waals surface area contributed by atoms with Crippen molar-refractivity contribution >= 4 is 16.7 Å². The predicted octanol–water partition coefficient (Wildman–Crippen LogP) is 2.27. The fourth-order valence-corrected chi connectivity index (χ4v) is 2.47. The molecule has 2 aromatic heterocycles. The number of aryl methyl sites for hydroxylation is 1. The minimum Gasteiger partial charge on any atom is -0.469 e. The molecular formula is C17H17N3O3. The maximum absolute atomic E-state index is 12.4. The molecule has 0 aliphatic heterocycles. The molecule has 1 amide bonds. The lowest BCUT2D eigenvalue weighted by Crippen LogP contribution is -2.34. The van der Waals surface area contributed by atoms with Gasteiger partial charge in [-0.05, 0) is 31.5 Å². The first-order valence-electron chi connectivity index (χ1n) is 7.46. The van der Waals surface area contributed by atoms with Gasteiger partial charge in [0.2, 0.25) is 0 Å². The van der Waals surface area contributed by atoms with E-state index < -0.39 is 0 Å². The fourth-order valence-electron chi connectivity index (χ4n) is 2.47. The Balaban J connectivity index is 1.73. The van der Waals surface area contributed by atoms with Gasteiger partial charge in [0.1, 0.15) is 5.76 Å². The van der Waals surface area contributed by atoms with Crippen molar-refractivity contribution in [2.75, 3.05) is 0 Å². The average molecular weight is 311 g/mol. The van der Waals surface area contributed by atoms with Crippen LogP contribution < -0.4 is 10.9 Å². The van der Waals surface area contributed by atoms with Crippen LogP contribution in [0.15, 0.2) is 51.9 Å². The van der Waals surface area contributed by atoms with Gasteiger partial charge in [0.15, 0.2) is 5.69 Å². The molecule has 118 valence electrons. The molecule has 0 radical (unpaired) electrons. The molecule has 0 saturated carbocycles.